The summed E-state index contributed by atoms with van der Waals surface area (Å²) in [4.78, 5) is 35.6. The molecule has 1 aliphatic heterocycles. The van der Waals surface area contributed by atoms with Crippen LogP contribution in [0.2, 0.25) is 0 Å². The number of carbonyl (C=O) groups is 3. The fourth-order valence-corrected chi connectivity index (χ4v) is 2.36. The summed E-state index contributed by atoms with van der Waals surface area (Å²) in [5.41, 5.74) is 0. The van der Waals surface area contributed by atoms with Gasteiger partial charge < -0.3 is 15.3 Å². The number of nitrogens with zero attached hydrogens (tertiary/aromatic N) is 1. The second-order valence-electron chi connectivity index (χ2n) is 5.23. The molecule has 100 valence electrons. The fraction of sp³-hybridized carbons (Fsp3) is 0.750. The quantitative estimate of drug-likeness (QED) is 0.713. The first-order valence-electron chi connectivity index (χ1n) is 6.23. The van der Waals surface area contributed by atoms with E-state index in [1.807, 2.05) is 0 Å². The molecule has 0 bridgehead atoms. The van der Waals surface area contributed by atoms with Crippen molar-refractivity contribution in [3.8, 4) is 0 Å². The Morgan fingerprint density at radius 3 is 2.61 bits per heavy atom. The molecule has 2 aliphatic rings. The van der Waals surface area contributed by atoms with Crippen molar-refractivity contribution in [1.29, 1.82) is 0 Å². The van der Waals surface area contributed by atoms with E-state index < -0.39 is 5.97 Å². The number of rotatable bonds is 5. The molecule has 0 aromatic heterocycles. The van der Waals surface area contributed by atoms with E-state index in [1.54, 1.807) is 7.05 Å². The van der Waals surface area contributed by atoms with E-state index in [0.717, 1.165) is 12.8 Å². The van der Waals surface area contributed by atoms with Crippen LogP contribution in [-0.2, 0) is 14.4 Å². The minimum absolute atomic E-state index is 0.0312. The van der Waals surface area contributed by atoms with Crippen LogP contribution >= 0.6 is 0 Å². The van der Waals surface area contributed by atoms with Crippen molar-refractivity contribution >= 4 is 17.8 Å². The van der Waals surface area contributed by atoms with Crippen LogP contribution in [0, 0.1) is 11.8 Å². The first-order chi connectivity index (χ1) is 8.47. The number of amides is 2. The third-order valence-electron chi connectivity index (χ3n) is 3.63. The van der Waals surface area contributed by atoms with Crippen molar-refractivity contribution in [2.75, 3.05) is 13.6 Å². The average Bonchev–Trinajstić information content (AvgIpc) is 3.05. The summed E-state index contributed by atoms with van der Waals surface area (Å²) in [6.45, 7) is 0.426. The van der Waals surface area contributed by atoms with Gasteiger partial charge in [-0.1, -0.05) is 0 Å². The van der Waals surface area contributed by atoms with Gasteiger partial charge in [-0.25, -0.2) is 0 Å². The summed E-state index contributed by atoms with van der Waals surface area (Å²) in [5.74, 6) is -1.16. The van der Waals surface area contributed by atoms with Gasteiger partial charge in [0.25, 0.3) is 0 Å². The molecule has 6 nitrogen and oxygen atoms in total. The molecule has 1 heterocycles. The van der Waals surface area contributed by atoms with Gasteiger partial charge in [0.2, 0.25) is 11.8 Å². The highest BCUT2D eigenvalue weighted by molar-refractivity contribution is 5.89. The molecule has 1 saturated heterocycles. The third kappa shape index (κ3) is 3.00. The molecule has 0 spiro atoms. The monoisotopic (exact) mass is 254 g/mol. The van der Waals surface area contributed by atoms with Crippen molar-refractivity contribution in [3.63, 3.8) is 0 Å². The highest BCUT2D eigenvalue weighted by Crippen LogP contribution is 2.34. The lowest BCUT2D eigenvalue weighted by molar-refractivity contribution is -0.138. The van der Waals surface area contributed by atoms with Crippen molar-refractivity contribution in [1.82, 2.24) is 10.2 Å². The Morgan fingerprint density at radius 1 is 1.50 bits per heavy atom. The van der Waals surface area contributed by atoms with Gasteiger partial charge in [-0.3, -0.25) is 14.4 Å². The van der Waals surface area contributed by atoms with Gasteiger partial charge in [-0.2, -0.15) is 0 Å². The van der Waals surface area contributed by atoms with Crippen LogP contribution in [0.25, 0.3) is 0 Å². The number of likely N-dealkylation sites (tertiary alicyclic amines) is 1. The van der Waals surface area contributed by atoms with E-state index in [9.17, 15) is 14.4 Å². The van der Waals surface area contributed by atoms with E-state index in [1.165, 1.54) is 4.90 Å². The van der Waals surface area contributed by atoms with Gasteiger partial charge in [0.15, 0.2) is 0 Å². The summed E-state index contributed by atoms with van der Waals surface area (Å²) in [6.07, 6.45) is 2.14. The average molecular weight is 254 g/mol. The van der Waals surface area contributed by atoms with Crippen LogP contribution in [0.4, 0.5) is 0 Å². The van der Waals surface area contributed by atoms with Crippen molar-refractivity contribution in [2.24, 2.45) is 11.8 Å². The first kappa shape index (κ1) is 12.9. The van der Waals surface area contributed by atoms with Gasteiger partial charge in [0.05, 0.1) is 12.3 Å². The lowest BCUT2D eigenvalue weighted by Gasteiger charge is -2.18. The second kappa shape index (κ2) is 4.96. The minimum atomic E-state index is -0.896. The maximum Gasteiger partial charge on any atom is 0.305 e. The van der Waals surface area contributed by atoms with Gasteiger partial charge in [-0.05, 0) is 18.8 Å². The molecule has 2 unspecified atom stereocenters. The first-order valence-corrected chi connectivity index (χ1v) is 6.23. The largest absolute Gasteiger partial charge is 0.481 e. The molecule has 0 aromatic carbocycles. The van der Waals surface area contributed by atoms with Crippen LogP contribution in [0.3, 0.4) is 0 Å². The Balaban J connectivity index is 1.89. The van der Waals surface area contributed by atoms with Crippen LogP contribution in [0.1, 0.15) is 25.7 Å². The topological polar surface area (TPSA) is 86.7 Å². The Morgan fingerprint density at radius 2 is 2.17 bits per heavy atom. The molecule has 1 saturated carbocycles. The van der Waals surface area contributed by atoms with Gasteiger partial charge in [0, 0.05) is 26.1 Å². The Kier molecular flexibility index (Phi) is 3.54. The maximum atomic E-state index is 12.0. The Hall–Kier alpha value is -1.59. The summed E-state index contributed by atoms with van der Waals surface area (Å²) in [5, 5.41) is 11.6. The van der Waals surface area contributed by atoms with E-state index >= 15 is 0 Å². The van der Waals surface area contributed by atoms with E-state index in [-0.39, 0.29) is 36.6 Å². The summed E-state index contributed by atoms with van der Waals surface area (Å²) in [7, 11) is 1.67. The molecular formula is C12H18N2O4. The number of nitrogens with one attached hydrogen (secondary N) is 1. The number of carbonyl (C=O) groups excluding carboxylic acids is 2. The molecule has 2 fully saturated rings. The van der Waals surface area contributed by atoms with Gasteiger partial charge in [0.1, 0.15) is 0 Å². The molecule has 2 rings (SSSR count). The molecule has 6 heteroatoms. The number of aliphatic carboxylic acids is 1. The molecule has 18 heavy (non-hydrogen) atoms. The van der Waals surface area contributed by atoms with Crippen molar-refractivity contribution < 1.29 is 19.5 Å². The number of hydrogen-bond acceptors (Lipinski definition) is 3. The maximum absolute atomic E-state index is 12.0. The predicted octanol–water partition coefficient (Wildman–Crippen LogP) is -0.166. The summed E-state index contributed by atoms with van der Waals surface area (Å²) in [6, 6.07) is -0.281. The Labute approximate surface area is 105 Å². The fourth-order valence-electron chi connectivity index (χ4n) is 2.36. The summed E-state index contributed by atoms with van der Waals surface area (Å²) >= 11 is 0. The van der Waals surface area contributed by atoms with E-state index in [4.69, 9.17) is 5.11 Å². The van der Waals surface area contributed by atoms with Crippen LogP contribution in [0.15, 0.2) is 0 Å². The van der Waals surface area contributed by atoms with Crippen molar-refractivity contribution in [3.05, 3.63) is 0 Å². The van der Waals surface area contributed by atoms with Crippen LogP contribution in [-0.4, -0.2) is 47.4 Å². The van der Waals surface area contributed by atoms with E-state index in [2.05, 4.69) is 5.32 Å². The van der Waals surface area contributed by atoms with E-state index in [0.29, 0.717) is 12.5 Å². The summed E-state index contributed by atoms with van der Waals surface area (Å²) < 4.78 is 0. The zero-order chi connectivity index (χ0) is 13.3. The van der Waals surface area contributed by atoms with Crippen LogP contribution in [0.5, 0.6) is 0 Å². The highest BCUT2D eigenvalue weighted by atomic mass is 16.4. The van der Waals surface area contributed by atoms with Crippen molar-refractivity contribution in [2.45, 2.75) is 31.7 Å². The van der Waals surface area contributed by atoms with Gasteiger partial charge >= 0.3 is 5.97 Å². The molecule has 0 aromatic rings. The standard InChI is InChI=1S/C12H18N2O4/c1-14-6-8(4-10(14)15)12(18)13-9(5-11(16)17)7-2-3-7/h7-9H,2-6H2,1H3,(H,13,18)(H,16,17). The number of carboxylic acid groups (broad SMARTS) is 1. The molecular weight excluding hydrogens is 236 g/mol. The SMILES string of the molecule is CN1CC(C(=O)NC(CC(=O)O)C2CC2)CC1=O. The number of carboxylic acids is 1. The molecule has 2 N–H and O–H groups in total. The molecule has 0 radical (unpaired) electrons. The molecule has 2 amide bonds. The lowest BCUT2D eigenvalue weighted by atomic mass is 10.0. The minimum Gasteiger partial charge on any atom is -0.481 e. The van der Waals surface area contributed by atoms with Crippen LogP contribution < -0.4 is 5.32 Å². The Bertz CT molecular complexity index is 378. The lowest BCUT2D eigenvalue weighted by Crippen LogP contribution is -2.42. The smallest absolute Gasteiger partial charge is 0.305 e. The predicted molar refractivity (Wildman–Crippen MR) is 62.7 cm³/mol. The second-order valence-corrected chi connectivity index (χ2v) is 5.23. The number of hydrogen-bond donors (Lipinski definition) is 2. The third-order valence-corrected chi connectivity index (χ3v) is 3.63. The zero-order valence-corrected chi connectivity index (χ0v) is 10.4. The zero-order valence-electron chi connectivity index (χ0n) is 10.4. The normalized spacial score (nSPS) is 25.1. The molecule has 2 atom stereocenters. The highest BCUT2D eigenvalue weighted by Gasteiger charge is 2.37. The van der Waals surface area contributed by atoms with Gasteiger partial charge in [-0.15, -0.1) is 0 Å². The molecule has 1 aliphatic carbocycles.